The van der Waals surface area contributed by atoms with Crippen LogP contribution < -0.4 is 9.47 Å². The van der Waals surface area contributed by atoms with Crippen molar-refractivity contribution in [1.29, 1.82) is 0 Å². The first kappa shape index (κ1) is 18.9. The molecule has 1 aliphatic heterocycles. The highest BCUT2D eigenvalue weighted by molar-refractivity contribution is 6.30. The van der Waals surface area contributed by atoms with Gasteiger partial charge in [-0.15, -0.1) is 11.6 Å². The molecule has 6 heteroatoms. The van der Waals surface area contributed by atoms with Crippen molar-refractivity contribution in [3.63, 3.8) is 0 Å². The fourth-order valence-corrected chi connectivity index (χ4v) is 3.26. The summed E-state index contributed by atoms with van der Waals surface area (Å²) in [5.41, 5.74) is 2.55. The first-order chi connectivity index (χ1) is 14.0. The average molecular weight is 406 g/mol. The summed E-state index contributed by atoms with van der Waals surface area (Å²) in [5.74, 6) is 0.00722. The van der Waals surface area contributed by atoms with Crippen molar-refractivity contribution in [2.75, 3.05) is 0 Å². The molecule has 144 valence electrons. The lowest BCUT2D eigenvalue weighted by Crippen LogP contribution is -2.14. The summed E-state index contributed by atoms with van der Waals surface area (Å²) in [6.45, 7) is 1.77. The summed E-state index contributed by atoms with van der Waals surface area (Å²) < 4.78 is 11.2. The topological polar surface area (TPSA) is 65.5 Å². The number of benzene rings is 2. The van der Waals surface area contributed by atoms with Crippen LogP contribution in [0.15, 0.2) is 72.8 Å². The van der Waals surface area contributed by atoms with Crippen molar-refractivity contribution in [3.8, 4) is 11.5 Å². The lowest BCUT2D eigenvalue weighted by molar-refractivity contribution is -0.134. The number of pyridine rings is 1. The van der Waals surface area contributed by atoms with E-state index in [1.807, 2.05) is 6.07 Å². The average Bonchev–Trinajstić information content (AvgIpc) is 3.04. The van der Waals surface area contributed by atoms with Crippen LogP contribution in [-0.4, -0.2) is 16.7 Å². The van der Waals surface area contributed by atoms with Gasteiger partial charge < -0.3 is 9.47 Å². The molecule has 2 heterocycles. The Morgan fingerprint density at radius 1 is 1.14 bits per heavy atom. The Kier molecular flexibility index (Phi) is 5.14. The van der Waals surface area contributed by atoms with E-state index in [9.17, 15) is 9.59 Å². The summed E-state index contributed by atoms with van der Waals surface area (Å²) in [6.07, 6.45) is 4.92. The van der Waals surface area contributed by atoms with Crippen LogP contribution >= 0.6 is 11.6 Å². The van der Waals surface area contributed by atoms with Gasteiger partial charge in [0.05, 0.1) is 5.56 Å². The second kappa shape index (κ2) is 7.89. The number of Topliss-reactive ketones (excluding diaryl/α,β-unsaturated/α-hetero) is 1. The minimum atomic E-state index is -0.936. The Labute approximate surface area is 172 Å². The van der Waals surface area contributed by atoms with Crippen LogP contribution in [0.1, 0.15) is 32.4 Å². The van der Waals surface area contributed by atoms with Gasteiger partial charge >= 0.3 is 5.97 Å². The Morgan fingerprint density at radius 2 is 1.86 bits per heavy atom. The fraction of sp³-hybridized carbons (Fsp3) is 0.0870. The summed E-state index contributed by atoms with van der Waals surface area (Å²) >= 11 is 6.23. The van der Waals surface area contributed by atoms with E-state index in [0.29, 0.717) is 22.4 Å². The molecule has 0 saturated heterocycles. The number of carbonyl (C=O) groups is 2. The number of alkyl halides is 1. The first-order valence-electron chi connectivity index (χ1n) is 8.92. The number of fused-ring (bicyclic) bond motifs is 1. The number of allylic oxidation sites excluding steroid dienone is 1. The number of nitrogens with zero attached hydrogens (tertiary/aromatic N) is 1. The smallest absolute Gasteiger partial charge is 0.334 e. The molecule has 0 saturated carbocycles. The predicted octanol–water partition coefficient (Wildman–Crippen LogP) is 4.89. The Balaban J connectivity index is 1.57. The third-order valence-corrected chi connectivity index (χ3v) is 4.90. The van der Waals surface area contributed by atoms with Crippen LogP contribution in [-0.2, 0) is 4.79 Å². The van der Waals surface area contributed by atoms with Gasteiger partial charge in [-0.25, -0.2) is 4.79 Å². The molecule has 2 aromatic carbocycles. The van der Waals surface area contributed by atoms with E-state index in [-0.39, 0.29) is 17.3 Å². The van der Waals surface area contributed by atoms with Crippen molar-refractivity contribution in [3.05, 3.63) is 95.0 Å². The summed E-state index contributed by atoms with van der Waals surface area (Å²) in [5, 5.41) is -0.936. The van der Waals surface area contributed by atoms with Gasteiger partial charge in [-0.2, -0.15) is 0 Å². The standard InChI is InChI=1S/C23H16ClNO4/c1-14-11-17(28-23(27)21(24)16-5-3-2-4-6-16)13-18-20(14)22(26)19(29-18)12-15-7-9-25-10-8-15/h2-13,21H,1H3/b19-12-. The van der Waals surface area contributed by atoms with Crippen molar-refractivity contribution in [2.24, 2.45) is 0 Å². The Morgan fingerprint density at radius 3 is 2.59 bits per heavy atom. The molecule has 1 atom stereocenters. The minimum absolute atomic E-state index is 0.206. The van der Waals surface area contributed by atoms with Crippen molar-refractivity contribution in [2.45, 2.75) is 12.3 Å². The van der Waals surface area contributed by atoms with Gasteiger partial charge in [0.25, 0.3) is 0 Å². The zero-order valence-electron chi connectivity index (χ0n) is 15.5. The number of esters is 1. The third-order valence-electron chi connectivity index (χ3n) is 4.47. The number of hydrogen-bond acceptors (Lipinski definition) is 5. The Hall–Kier alpha value is -3.44. The second-order valence-electron chi connectivity index (χ2n) is 6.53. The SMILES string of the molecule is Cc1cc(OC(=O)C(Cl)c2ccccc2)cc2c1C(=O)/C(=C/c1ccncc1)O2. The second-order valence-corrected chi connectivity index (χ2v) is 6.96. The van der Waals surface area contributed by atoms with Crippen LogP contribution in [0.5, 0.6) is 11.5 Å². The van der Waals surface area contributed by atoms with Crippen LogP contribution in [0.25, 0.3) is 6.08 Å². The number of carbonyl (C=O) groups excluding carboxylic acids is 2. The lowest BCUT2D eigenvalue weighted by atomic mass is 10.0. The molecule has 0 spiro atoms. The number of halogens is 1. The number of rotatable bonds is 4. The highest BCUT2D eigenvalue weighted by Crippen LogP contribution is 2.38. The van der Waals surface area contributed by atoms with Gasteiger partial charge in [0.15, 0.2) is 11.1 Å². The molecule has 0 radical (unpaired) electrons. The van der Waals surface area contributed by atoms with Gasteiger partial charge in [0.1, 0.15) is 11.5 Å². The van der Waals surface area contributed by atoms with E-state index in [0.717, 1.165) is 5.56 Å². The van der Waals surface area contributed by atoms with Crippen LogP contribution in [0.2, 0.25) is 0 Å². The number of aromatic nitrogens is 1. The Bertz CT molecular complexity index is 1110. The van der Waals surface area contributed by atoms with E-state index in [1.165, 1.54) is 6.07 Å². The van der Waals surface area contributed by atoms with Crippen LogP contribution in [0.3, 0.4) is 0 Å². The molecule has 0 N–H and O–H groups in total. The van der Waals surface area contributed by atoms with Crippen LogP contribution in [0.4, 0.5) is 0 Å². The summed E-state index contributed by atoms with van der Waals surface area (Å²) in [4.78, 5) is 29.1. The minimum Gasteiger partial charge on any atom is -0.452 e. The number of ether oxygens (including phenoxy) is 2. The highest BCUT2D eigenvalue weighted by atomic mass is 35.5. The van der Waals surface area contributed by atoms with E-state index in [2.05, 4.69) is 4.98 Å². The predicted molar refractivity (Wildman–Crippen MR) is 109 cm³/mol. The van der Waals surface area contributed by atoms with Crippen LogP contribution in [0, 0.1) is 6.92 Å². The third kappa shape index (κ3) is 3.91. The zero-order valence-corrected chi connectivity index (χ0v) is 16.2. The molecule has 5 nitrogen and oxygen atoms in total. The van der Waals surface area contributed by atoms with Gasteiger partial charge in [0.2, 0.25) is 5.78 Å². The van der Waals surface area contributed by atoms with E-state index >= 15 is 0 Å². The largest absolute Gasteiger partial charge is 0.452 e. The van der Waals surface area contributed by atoms with Crippen molar-refractivity contribution in [1.82, 2.24) is 4.98 Å². The molecule has 1 unspecified atom stereocenters. The molecule has 1 aliphatic rings. The molecule has 3 aromatic rings. The quantitative estimate of drug-likeness (QED) is 0.267. The van der Waals surface area contributed by atoms with Crippen molar-refractivity contribution < 1.29 is 19.1 Å². The summed E-state index contributed by atoms with van der Waals surface area (Å²) in [6, 6.07) is 15.7. The van der Waals surface area contributed by atoms with E-state index in [1.54, 1.807) is 67.9 Å². The maximum Gasteiger partial charge on any atom is 0.334 e. The van der Waals surface area contributed by atoms with E-state index < -0.39 is 11.3 Å². The molecule has 29 heavy (non-hydrogen) atoms. The molecular weight excluding hydrogens is 390 g/mol. The monoisotopic (exact) mass is 405 g/mol. The molecule has 0 bridgehead atoms. The highest BCUT2D eigenvalue weighted by Gasteiger charge is 2.30. The lowest BCUT2D eigenvalue weighted by Gasteiger charge is -2.11. The zero-order chi connectivity index (χ0) is 20.4. The molecule has 1 aromatic heterocycles. The van der Waals surface area contributed by atoms with Gasteiger partial charge in [-0.3, -0.25) is 9.78 Å². The number of hydrogen-bond donors (Lipinski definition) is 0. The molecule has 4 rings (SSSR count). The maximum atomic E-state index is 12.7. The summed E-state index contributed by atoms with van der Waals surface area (Å²) in [7, 11) is 0. The van der Waals surface area contributed by atoms with Gasteiger partial charge in [-0.05, 0) is 47.9 Å². The molecule has 0 amide bonds. The number of ketones is 1. The van der Waals surface area contributed by atoms with Crippen molar-refractivity contribution >= 4 is 29.4 Å². The maximum absolute atomic E-state index is 12.7. The van der Waals surface area contributed by atoms with Gasteiger partial charge in [-0.1, -0.05) is 30.3 Å². The molecule has 0 fully saturated rings. The van der Waals surface area contributed by atoms with Gasteiger partial charge in [0, 0.05) is 18.5 Å². The number of aryl methyl sites for hydroxylation is 1. The first-order valence-corrected chi connectivity index (χ1v) is 9.36. The normalized spacial score (nSPS) is 15.0. The fourth-order valence-electron chi connectivity index (χ4n) is 3.07. The molecular formula is C23H16ClNO4. The van der Waals surface area contributed by atoms with E-state index in [4.69, 9.17) is 21.1 Å². The molecule has 0 aliphatic carbocycles.